The second kappa shape index (κ2) is 7.85. The number of hydrogen-bond acceptors (Lipinski definition) is 3. The van der Waals surface area contributed by atoms with Crippen molar-refractivity contribution in [1.82, 2.24) is 10.2 Å². The van der Waals surface area contributed by atoms with Gasteiger partial charge in [0.05, 0.1) is 5.56 Å². The van der Waals surface area contributed by atoms with Gasteiger partial charge in [-0.25, -0.2) is 8.78 Å². The Morgan fingerprint density at radius 2 is 2.21 bits per heavy atom. The van der Waals surface area contributed by atoms with E-state index in [1.807, 2.05) is 0 Å². The normalized spacial score (nSPS) is 18.5. The van der Waals surface area contributed by atoms with Crippen molar-refractivity contribution in [3.8, 4) is 0 Å². The quantitative estimate of drug-likeness (QED) is 0.892. The molecule has 6 heteroatoms. The molecule has 1 aromatic heterocycles. The van der Waals surface area contributed by atoms with E-state index in [2.05, 4.69) is 27.7 Å². The molecule has 128 valence electrons. The first-order valence-corrected chi connectivity index (χ1v) is 8.98. The van der Waals surface area contributed by atoms with E-state index in [1.165, 1.54) is 4.88 Å². The Morgan fingerprint density at radius 3 is 3.00 bits per heavy atom. The average molecular weight is 350 g/mol. The van der Waals surface area contributed by atoms with E-state index in [1.54, 1.807) is 11.3 Å². The summed E-state index contributed by atoms with van der Waals surface area (Å²) in [6.07, 6.45) is 2.12. The summed E-state index contributed by atoms with van der Waals surface area (Å²) >= 11 is 1.75. The fourth-order valence-electron chi connectivity index (χ4n) is 3.09. The van der Waals surface area contributed by atoms with Crippen molar-refractivity contribution in [3.63, 3.8) is 0 Å². The van der Waals surface area contributed by atoms with Crippen molar-refractivity contribution < 1.29 is 13.6 Å². The zero-order chi connectivity index (χ0) is 16.9. The molecular weight excluding hydrogens is 330 g/mol. The fourth-order valence-corrected chi connectivity index (χ4v) is 3.83. The van der Waals surface area contributed by atoms with E-state index in [0.717, 1.165) is 50.7 Å². The summed E-state index contributed by atoms with van der Waals surface area (Å²) in [7, 11) is 0. The largest absolute Gasteiger partial charge is 0.352 e. The molecule has 2 aromatic rings. The Kier molecular flexibility index (Phi) is 5.58. The van der Waals surface area contributed by atoms with Gasteiger partial charge in [0.15, 0.2) is 0 Å². The number of halogens is 2. The maximum absolute atomic E-state index is 13.6. The topological polar surface area (TPSA) is 32.3 Å². The van der Waals surface area contributed by atoms with Gasteiger partial charge in [-0.15, -0.1) is 11.3 Å². The van der Waals surface area contributed by atoms with Gasteiger partial charge in [0.1, 0.15) is 11.6 Å². The SMILES string of the molecule is O=C(NCC1CCCN(Cc2cccs2)C1)c1cc(F)ccc1F. The number of hydrogen-bond donors (Lipinski definition) is 1. The van der Waals surface area contributed by atoms with Crippen molar-refractivity contribution in [1.29, 1.82) is 0 Å². The van der Waals surface area contributed by atoms with E-state index in [4.69, 9.17) is 0 Å². The van der Waals surface area contributed by atoms with Crippen LogP contribution in [-0.4, -0.2) is 30.4 Å². The maximum atomic E-state index is 13.6. The van der Waals surface area contributed by atoms with Gasteiger partial charge < -0.3 is 5.32 Å². The summed E-state index contributed by atoms with van der Waals surface area (Å²) in [5, 5.41) is 4.82. The first kappa shape index (κ1) is 17.0. The fraction of sp³-hybridized carbons (Fsp3) is 0.389. The number of likely N-dealkylation sites (tertiary alicyclic amines) is 1. The molecule has 0 spiro atoms. The third kappa shape index (κ3) is 4.39. The lowest BCUT2D eigenvalue weighted by Crippen LogP contribution is -2.40. The van der Waals surface area contributed by atoms with E-state index in [-0.39, 0.29) is 5.56 Å². The monoisotopic (exact) mass is 350 g/mol. The van der Waals surface area contributed by atoms with E-state index >= 15 is 0 Å². The third-order valence-electron chi connectivity index (χ3n) is 4.29. The number of benzene rings is 1. The molecule has 1 aromatic carbocycles. The summed E-state index contributed by atoms with van der Waals surface area (Å²) in [6.45, 7) is 3.38. The lowest BCUT2D eigenvalue weighted by Gasteiger charge is -2.32. The average Bonchev–Trinajstić information content (AvgIpc) is 3.08. The number of piperidine rings is 1. The zero-order valence-electron chi connectivity index (χ0n) is 13.3. The number of thiophene rings is 1. The van der Waals surface area contributed by atoms with E-state index in [0.29, 0.717) is 12.5 Å². The molecule has 3 nitrogen and oxygen atoms in total. The molecule has 24 heavy (non-hydrogen) atoms. The summed E-state index contributed by atoms with van der Waals surface area (Å²) < 4.78 is 26.8. The minimum absolute atomic E-state index is 0.235. The molecule has 1 aliphatic heterocycles. The number of carbonyl (C=O) groups excluding carboxylic acids is 1. The lowest BCUT2D eigenvalue weighted by molar-refractivity contribution is 0.0926. The minimum atomic E-state index is -0.697. The van der Waals surface area contributed by atoms with Crippen LogP contribution in [0, 0.1) is 17.6 Å². The smallest absolute Gasteiger partial charge is 0.254 e. The molecule has 1 fully saturated rings. The van der Waals surface area contributed by atoms with Crippen LogP contribution >= 0.6 is 11.3 Å². The second-order valence-corrected chi connectivity index (χ2v) is 7.19. The van der Waals surface area contributed by atoms with Crippen molar-refractivity contribution in [3.05, 3.63) is 57.8 Å². The second-order valence-electron chi connectivity index (χ2n) is 6.16. The zero-order valence-corrected chi connectivity index (χ0v) is 14.1. The highest BCUT2D eigenvalue weighted by molar-refractivity contribution is 7.09. The number of nitrogens with one attached hydrogen (secondary N) is 1. The summed E-state index contributed by atoms with van der Waals surface area (Å²) in [5.74, 6) is -1.53. The highest BCUT2D eigenvalue weighted by Crippen LogP contribution is 2.20. The molecule has 2 heterocycles. The van der Waals surface area contributed by atoms with Crippen molar-refractivity contribution in [2.75, 3.05) is 19.6 Å². The lowest BCUT2D eigenvalue weighted by atomic mass is 9.97. The van der Waals surface area contributed by atoms with Crippen LogP contribution in [0.3, 0.4) is 0 Å². The van der Waals surface area contributed by atoms with Crippen LogP contribution in [-0.2, 0) is 6.54 Å². The van der Waals surface area contributed by atoms with Crippen molar-refractivity contribution in [2.24, 2.45) is 5.92 Å². The summed E-state index contributed by atoms with van der Waals surface area (Å²) in [4.78, 5) is 15.8. The standard InChI is InChI=1S/C18H20F2N2OS/c19-14-5-6-17(20)16(9-14)18(23)21-10-13-3-1-7-22(11-13)12-15-4-2-8-24-15/h2,4-6,8-9,13H,1,3,7,10-12H2,(H,21,23). The molecule has 1 saturated heterocycles. The van der Waals surface area contributed by atoms with Gasteiger partial charge in [0.25, 0.3) is 5.91 Å². The van der Waals surface area contributed by atoms with Crippen LogP contribution in [0.1, 0.15) is 28.1 Å². The number of amides is 1. The molecule has 1 unspecified atom stereocenters. The van der Waals surface area contributed by atoms with E-state index in [9.17, 15) is 13.6 Å². The van der Waals surface area contributed by atoms with Crippen LogP contribution in [0.2, 0.25) is 0 Å². The Balaban J connectivity index is 1.52. The highest BCUT2D eigenvalue weighted by Gasteiger charge is 2.21. The van der Waals surface area contributed by atoms with Crippen LogP contribution in [0.4, 0.5) is 8.78 Å². The molecule has 0 radical (unpaired) electrons. The number of rotatable bonds is 5. The van der Waals surface area contributed by atoms with Gasteiger partial charge in [-0.1, -0.05) is 6.07 Å². The van der Waals surface area contributed by atoms with Crippen LogP contribution < -0.4 is 5.32 Å². The molecule has 1 amide bonds. The molecule has 1 aliphatic rings. The van der Waals surface area contributed by atoms with Crippen LogP contribution in [0.25, 0.3) is 0 Å². The van der Waals surface area contributed by atoms with Crippen molar-refractivity contribution >= 4 is 17.2 Å². The molecule has 3 rings (SSSR count). The Morgan fingerprint density at radius 1 is 1.33 bits per heavy atom. The van der Waals surface area contributed by atoms with Gasteiger partial charge in [-0.05, 0) is 54.9 Å². The maximum Gasteiger partial charge on any atom is 0.254 e. The Hall–Kier alpha value is -1.79. The first-order valence-electron chi connectivity index (χ1n) is 8.10. The van der Waals surface area contributed by atoms with Crippen molar-refractivity contribution in [2.45, 2.75) is 19.4 Å². The van der Waals surface area contributed by atoms with Gasteiger partial charge >= 0.3 is 0 Å². The molecule has 0 saturated carbocycles. The molecule has 1 N–H and O–H groups in total. The predicted octanol–water partition coefficient (Wildman–Crippen LogP) is 3.67. The summed E-state index contributed by atoms with van der Waals surface area (Å²) in [5.41, 5.74) is -0.235. The molecule has 0 aliphatic carbocycles. The van der Waals surface area contributed by atoms with Crippen LogP contribution in [0.15, 0.2) is 35.7 Å². The Bertz CT molecular complexity index is 690. The molecule has 1 atom stereocenters. The summed E-state index contributed by atoms with van der Waals surface area (Å²) in [6, 6.07) is 7.11. The first-order chi connectivity index (χ1) is 11.6. The van der Waals surface area contributed by atoms with Gasteiger partial charge in [-0.2, -0.15) is 0 Å². The molecule has 0 bridgehead atoms. The number of nitrogens with zero attached hydrogens (tertiary/aromatic N) is 1. The Labute approximate surface area is 144 Å². The predicted molar refractivity (Wildman–Crippen MR) is 91.0 cm³/mol. The highest BCUT2D eigenvalue weighted by atomic mass is 32.1. The minimum Gasteiger partial charge on any atom is -0.352 e. The van der Waals surface area contributed by atoms with E-state index < -0.39 is 17.5 Å². The number of carbonyl (C=O) groups is 1. The third-order valence-corrected chi connectivity index (χ3v) is 5.15. The van der Waals surface area contributed by atoms with Gasteiger partial charge in [-0.3, -0.25) is 9.69 Å². The van der Waals surface area contributed by atoms with Gasteiger partial charge in [0, 0.05) is 24.5 Å². The molecular formula is C18H20F2N2OS. The van der Waals surface area contributed by atoms with Crippen LogP contribution in [0.5, 0.6) is 0 Å². The van der Waals surface area contributed by atoms with Gasteiger partial charge in [0.2, 0.25) is 0 Å².